The molecule has 0 fully saturated rings. The molecule has 0 aromatic heterocycles. The Bertz CT molecular complexity index is 1020. The minimum atomic E-state index is -0.347. The topological polar surface area (TPSA) is 69.2 Å². The Hall–Kier alpha value is -3.80. The summed E-state index contributed by atoms with van der Waals surface area (Å²) < 4.78 is 17.1. The lowest BCUT2D eigenvalue weighted by Crippen LogP contribution is -2.18. The van der Waals surface area contributed by atoms with Crippen molar-refractivity contribution < 1.29 is 19.0 Å². The molecule has 0 saturated carbocycles. The zero-order valence-corrected chi connectivity index (χ0v) is 17.7. The lowest BCUT2D eigenvalue weighted by atomic mass is 10.2. The maximum Gasteiger partial charge on any atom is 0.271 e. The van der Waals surface area contributed by atoms with Gasteiger partial charge in [-0.25, -0.2) is 5.43 Å². The van der Waals surface area contributed by atoms with Gasteiger partial charge in [0, 0.05) is 11.1 Å². The van der Waals surface area contributed by atoms with Crippen LogP contribution in [0.1, 0.15) is 35.3 Å². The number of benzene rings is 3. The molecule has 6 nitrogen and oxygen atoms in total. The molecular formula is C25H26N2O4. The maximum atomic E-state index is 12.5. The van der Waals surface area contributed by atoms with E-state index in [9.17, 15) is 4.79 Å². The van der Waals surface area contributed by atoms with Crippen molar-refractivity contribution in [3.8, 4) is 17.2 Å². The Labute approximate surface area is 182 Å². The van der Waals surface area contributed by atoms with Gasteiger partial charge >= 0.3 is 0 Å². The normalized spacial score (nSPS) is 10.6. The number of para-hydroxylation sites is 1. The lowest BCUT2D eigenvalue weighted by molar-refractivity contribution is 0.0954. The Balaban J connectivity index is 1.67. The fourth-order valence-corrected chi connectivity index (χ4v) is 2.87. The first-order valence-corrected chi connectivity index (χ1v) is 10.2. The van der Waals surface area contributed by atoms with Crippen molar-refractivity contribution in [1.29, 1.82) is 0 Å². The molecule has 3 aromatic rings. The number of nitrogens with one attached hydrogen (secondary N) is 1. The van der Waals surface area contributed by atoms with E-state index in [0.29, 0.717) is 42.6 Å². The van der Waals surface area contributed by atoms with Crippen LogP contribution < -0.4 is 19.6 Å². The average Bonchev–Trinajstić information content (AvgIpc) is 2.80. The van der Waals surface area contributed by atoms with E-state index in [1.165, 1.54) is 0 Å². The van der Waals surface area contributed by atoms with Crippen molar-refractivity contribution in [1.82, 2.24) is 5.43 Å². The summed E-state index contributed by atoms with van der Waals surface area (Å²) in [6.45, 7) is 5.22. The molecule has 160 valence electrons. The van der Waals surface area contributed by atoms with Crippen molar-refractivity contribution in [3.05, 3.63) is 89.5 Å². The third-order valence-electron chi connectivity index (χ3n) is 4.33. The second-order valence-electron chi connectivity index (χ2n) is 6.54. The highest BCUT2D eigenvalue weighted by Crippen LogP contribution is 2.29. The number of nitrogens with zero attached hydrogens (tertiary/aromatic N) is 1. The summed E-state index contributed by atoms with van der Waals surface area (Å²) in [5, 5.41) is 4.06. The zero-order chi connectivity index (χ0) is 21.9. The van der Waals surface area contributed by atoms with Gasteiger partial charge in [0.05, 0.1) is 19.4 Å². The predicted molar refractivity (Wildman–Crippen MR) is 121 cm³/mol. The third-order valence-corrected chi connectivity index (χ3v) is 4.33. The molecule has 0 spiro atoms. The highest BCUT2D eigenvalue weighted by Gasteiger charge is 2.12. The van der Waals surface area contributed by atoms with Gasteiger partial charge in [-0.15, -0.1) is 0 Å². The van der Waals surface area contributed by atoms with Crippen molar-refractivity contribution in [2.45, 2.75) is 20.5 Å². The first-order valence-electron chi connectivity index (χ1n) is 10.2. The van der Waals surface area contributed by atoms with Crippen LogP contribution >= 0.6 is 0 Å². The summed E-state index contributed by atoms with van der Waals surface area (Å²) in [6.07, 6.45) is 1.56. The van der Waals surface area contributed by atoms with E-state index in [0.717, 1.165) is 11.1 Å². The van der Waals surface area contributed by atoms with Crippen LogP contribution in [0.2, 0.25) is 0 Å². The van der Waals surface area contributed by atoms with Gasteiger partial charge in [0.1, 0.15) is 12.4 Å². The van der Waals surface area contributed by atoms with Crippen molar-refractivity contribution >= 4 is 12.1 Å². The summed E-state index contributed by atoms with van der Waals surface area (Å²) in [5.41, 5.74) is 4.80. The largest absolute Gasteiger partial charge is 0.493 e. The molecule has 6 heteroatoms. The summed E-state index contributed by atoms with van der Waals surface area (Å²) >= 11 is 0. The highest BCUT2D eigenvalue weighted by molar-refractivity contribution is 5.95. The Morgan fingerprint density at radius 1 is 0.839 bits per heavy atom. The first kappa shape index (κ1) is 21.9. The van der Waals surface area contributed by atoms with E-state index in [1.807, 2.05) is 68.4 Å². The Morgan fingerprint density at radius 3 is 2.32 bits per heavy atom. The van der Waals surface area contributed by atoms with Crippen LogP contribution in [-0.2, 0) is 6.61 Å². The van der Waals surface area contributed by atoms with Gasteiger partial charge < -0.3 is 14.2 Å². The minimum Gasteiger partial charge on any atom is -0.493 e. The second kappa shape index (κ2) is 11.4. The maximum absolute atomic E-state index is 12.5. The van der Waals surface area contributed by atoms with Crippen molar-refractivity contribution in [2.75, 3.05) is 13.2 Å². The molecule has 1 amide bonds. The predicted octanol–water partition coefficient (Wildman–Crippen LogP) is 4.83. The van der Waals surface area contributed by atoms with E-state index in [1.54, 1.807) is 24.4 Å². The molecule has 31 heavy (non-hydrogen) atoms. The van der Waals surface area contributed by atoms with Crippen molar-refractivity contribution in [2.24, 2.45) is 5.10 Å². The van der Waals surface area contributed by atoms with Gasteiger partial charge in [-0.05, 0) is 49.7 Å². The van der Waals surface area contributed by atoms with Crippen LogP contribution in [0.25, 0.3) is 0 Å². The number of ether oxygens (including phenoxy) is 3. The van der Waals surface area contributed by atoms with Crippen LogP contribution in [-0.4, -0.2) is 25.3 Å². The molecule has 0 unspecified atom stereocenters. The first-order chi connectivity index (χ1) is 15.2. The summed E-state index contributed by atoms with van der Waals surface area (Å²) in [5.74, 6) is 1.45. The molecular weight excluding hydrogens is 392 g/mol. The molecule has 3 aromatic carbocycles. The Kier molecular flexibility index (Phi) is 8.05. The Morgan fingerprint density at radius 2 is 1.55 bits per heavy atom. The van der Waals surface area contributed by atoms with Crippen LogP contribution in [0.5, 0.6) is 17.2 Å². The monoisotopic (exact) mass is 418 g/mol. The number of amides is 1. The van der Waals surface area contributed by atoms with Gasteiger partial charge in [-0.2, -0.15) is 5.10 Å². The third kappa shape index (κ3) is 6.34. The quantitative estimate of drug-likeness (QED) is 0.378. The molecule has 0 atom stereocenters. The fourth-order valence-electron chi connectivity index (χ4n) is 2.87. The van der Waals surface area contributed by atoms with Gasteiger partial charge in [0.2, 0.25) is 0 Å². The molecule has 0 aliphatic rings. The van der Waals surface area contributed by atoms with E-state index >= 15 is 0 Å². The summed E-state index contributed by atoms with van der Waals surface area (Å²) in [7, 11) is 0. The molecule has 0 aliphatic carbocycles. The molecule has 0 heterocycles. The number of rotatable bonds is 10. The molecule has 0 saturated heterocycles. The number of hydrazone groups is 1. The number of hydrogen-bond acceptors (Lipinski definition) is 5. The standard InChI is InChI=1S/C25H26N2O4/c1-3-29-22-13-9-8-12-21(22)17-26-27-25(28)20-14-15-23(24(16-20)30-4-2)31-18-19-10-6-5-7-11-19/h5-17H,3-4,18H2,1-2H3,(H,27,28)/b26-17+. The van der Waals surface area contributed by atoms with Gasteiger partial charge in [0.25, 0.3) is 5.91 Å². The van der Waals surface area contributed by atoms with E-state index < -0.39 is 0 Å². The lowest BCUT2D eigenvalue weighted by Gasteiger charge is -2.13. The van der Waals surface area contributed by atoms with Crippen LogP contribution in [0, 0.1) is 0 Å². The van der Waals surface area contributed by atoms with E-state index in [4.69, 9.17) is 14.2 Å². The van der Waals surface area contributed by atoms with Gasteiger partial charge in [0.15, 0.2) is 11.5 Å². The molecule has 3 rings (SSSR count). The van der Waals surface area contributed by atoms with E-state index in [-0.39, 0.29) is 5.91 Å². The fraction of sp³-hybridized carbons (Fsp3) is 0.200. The van der Waals surface area contributed by atoms with Crippen LogP contribution in [0.15, 0.2) is 77.9 Å². The molecule has 0 bridgehead atoms. The average molecular weight is 418 g/mol. The second-order valence-corrected chi connectivity index (χ2v) is 6.54. The van der Waals surface area contributed by atoms with Crippen LogP contribution in [0.4, 0.5) is 0 Å². The smallest absolute Gasteiger partial charge is 0.271 e. The summed E-state index contributed by atoms with van der Waals surface area (Å²) in [4.78, 5) is 12.5. The number of carbonyl (C=O) groups excluding carboxylic acids is 1. The highest BCUT2D eigenvalue weighted by atomic mass is 16.5. The van der Waals surface area contributed by atoms with Gasteiger partial charge in [-0.1, -0.05) is 42.5 Å². The summed E-state index contributed by atoms with van der Waals surface area (Å²) in [6, 6.07) is 22.4. The number of hydrogen-bond donors (Lipinski definition) is 1. The molecule has 1 N–H and O–H groups in total. The molecule has 0 radical (unpaired) electrons. The van der Waals surface area contributed by atoms with Crippen LogP contribution in [0.3, 0.4) is 0 Å². The van der Waals surface area contributed by atoms with Gasteiger partial charge in [-0.3, -0.25) is 4.79 Å². The SMILES string of the molecule is CCOc1ccccc1/C=N/NC(=O)c1ccc(OCc2ccccc2)c(OCC)c1. The van der Waals surface area contributed by atoms with Crippen molar-refractivity contribution in [3.63, 3.8) is 0 Å². The molecule has 0 aliphatic heterocycles. The number of carbonyl (C=O) groups is 1. The van der Waals surface area contributed by atoms with E-state index in [2.05, 4.69) is 10.5 Å². The zero-order valence-electron chi connectivity index (χ0n) is 17.7. The minimum absolute atomic E-state index is 0.347.